The molecule has 0 saturated heterocycles. The van der Waals surface area contributed by atoms with E-state index in [0.29, 0.717) is 12.0 Å². The molecule has 114 valence electrons. The lowest BCUT2D eigenvalue weighted by Gasteiger charge is -2.18. The van der Waals surface area contributed by atoms with Crippen molar-refractivity contribution in [1.82, 2.24) is 5.32 Å². The van der Waals surface area contributed by atoms with Crippen molar-refractivity contribution in [3.05, 3.63) is 59.5 Å². The highest BCUT2D eigenvalue weighted by Gasteiger charge is 2.30. The van der Waals surface area contributed by atoms with Crippen molar-refractivity contribution in [1.29, 1.82) is 0 Å². The van der Waals surface area contributed by atoms with E-state index >= 15 is 0 Å². The quantitative estimate of drug-likeness (QED) is 0.844. The lowest BCUT2D eigenvalue weighted by Crippen LogP contribution is -2.23. The molecular formula is C16H18F3NO. The third-order valence-corrected chi connectivity index (χ3v) is 3.28. The number of halogens is 3. The van der Waals surface area contributed by atoms with Crippen LogP contribution in [0.2, 0.25) is 0 Å². The minimum atomic E-state index is -4.31. The summed E-state index contributed by atoms with van der Waals surface area (Å²) < 4.78 is 43.3. The number of rotatable bonds is 6. The number of alkyl halides is 3. The molecule has 1 heterocycles. The zero-order valence-corrected chi connectivity index (χ0v) is 11.8. The van der Waals surface area contributed by atoms with Gasteiger partial charge in [-0.25, -0.2) is 0 Å². The van der Waals surface area contributed by atoms with Gasteiger partial charge in [0.2, 0.25) is 0 Å². The predicted octanol–water partition coefficient (Wildman–Crippen LogP) is 4.58. The number of benzene rings is 1. The molecule has 2 nitrogen and oxygen atoms in total. The van der Waals surface area contributed by atoms with Crippen LogP contribution in [0.1, 0.15) is 36.1 Å². The van der Waals surface area contributed by atoms with Crippen LogP contribution in [0, 0.1) is 0 Å². The van der Waals surface area contributed by atoms with Gasteiger partial charge in [-0.05, 0) is 37.1 Å². The molecule has 0 aliphatic rings. The van der Waals surface area contributed by atoms with Gasteiger partial charge >= 0.3 is 6.18 Å². The van der Waals surface area contributed by atoms with Crippen molar-refractivity contribution in [2.75, 3.05) is 6.54 Å². The second-order valence-electron chi connectivity index (χ2n) is 4.97. The van der Waals surface area contributed by atoms with Crippen LogP contribution in [0.25, 0.3) is 0 Å². The summed E-state index contributed by atoms with van der Waals surface area (Å²) in [4.78, 5) is 0. The topological polar surface area (TPSA) is 25.2 Å². The summed E-state index contributed by atoms with van der Waals surface area (Å²) in [5.74, 6) is 0. The lowest BCUT2D eigenvalue weighted by atomic mass is 9.99. The molecule has 0 spiro atoms. The zero-order valence-electron chi connectivity index (χ0n) is 11.8. The number of hydrogen-bond acceptors (Lipinski definition) is 2. The summed E-state index contributed by atoms with van der Waals surface area (Å²) in [5, 5.41) is 3.34. The Kier molecular flexibility index (Phi) is 5.07. The molecule has 5 heteroatoms. The Morgan fingerprint density at radius 2 is 2.05 bits per heavy atom. The van der Waals surface area contributed by atoms with Crippen LogP contribution < -0.4 is 5.32 Å². The van der Waals surface area contributed by atoms with Gasteiger partial charge in [0.15, 0.2) is 0 Å². The number of nitrogens with one attached hydrogen (secondary N) is 1. The molecule has 2 aromatic rings. The van der Waals surface area contributed by atoms with Crippen LogP contribution in [0.5, 0.6) is 0 Å². The number of hydrogen-bond donors (Lipinski definition) is 1. The molecular weight excluding hydrogens is 279 g/mol. The van der Waals surface area contributed by atoms with Crippen molar-refractivity contribution in [3.8, 4) is 0 Å². The highest BCUT2D eigenvalue weighted by molar-refractivity contribution is 5.27. The van der Waals surface area contributed by atoms with E-state index < -0.39 is 11.7 Å². The average molecular weight is 297 g/mol. The fraction of sp³-hybridized carbons (Fsp3) is 0.375. The van der Waals surface area contributed by atoms with Gasteiger partial charge in [0, 0.05) is 11.6 Å². The molecule has 1 N–H and O–H groups in total. The van der Waals surface area contributed by atoms with Crippen molar-refractivity contribution in [2.24, 2.45) is 0 Å². The molecule has 1 aromatic carbocycles. The maximum absolute atomic E-state index is 12.8. The molecule has 1 unspecified atom stereocenters. The Morgan fingerprint density at radius 3 is 2.67 bits per heavy atom. The number of furan rings is 1. The maximum atomic E-state index is 12.8. The Labute approximate surface area is 122 Å². The van der Waals surface area contributed by atoms with Crippen molar-refractivity contribution < 1.29 is 17.6 Å². The molecule has 0 amide bonds. The van der Waals surface area contributed by atoms with E-state index in [4.69, 9.17) is 4.42 Å². The highest BCUT2D eigenvalue weighted by Crippen LogP contribution is 2.30. The largest absolute Gasteiger partial charge is 0.472 e. The first-order valence-electron chi connectivity index (χ1n) is 6.92. The van der Waals surface area contributed by atoms with Crippen LogP contribution in [-0.2, 0) is 12.6 Å². The van der Waals surface area contributed by atoms with Gasteiger partial charge in [-0.3, -0.25) is 0 Å². The van der Waals surface area contributed by atoms with E-state index in [0.717, 1.165) is 24.6 Å². The van der Waals surface area contributed by atoms with Gasteiger partial charge in [0.05, 0.1) is 18.1 Å². The second kappa shape index (κ2) is 6.80. The van der Waals surface area contributed by atoms with Crippen molar-refractivity contribution >= 4 is 0 Å². The first kappa shape index (κ1) is 15.6. The molecule has 2 rings (SSSR count). The first-order chi connectivity index (χ1) is 10.0. The maximum Gasteiger partial charge on any atom is 0.416 e. The highest BCUT2D eigenvalue weighted by atomic mass is 19.4. The summed E-state index contributed by atoms with van der Waals surface area (Å²) in [6.07, 6.45) is 0.335. The lowest BCUT2D eigenvalue weighted by molar-refractivity contribution is -0.137. The van der Waals surface area contributed by atoms with E-state index in [1.165, 1.54) is 12.1 Å². The van der Waals surface area contributed by atoms with E-state index in [2.05, 4.69) is 5.32 Å². The average Bonchev–Trinajstić information content (AvgIpc) is 2.97. The van der Waals surface area contributed by atoms with Crippen LogP contribution in [0.15, 0.2) is 47.3 Å². The van der Waals surface area contributed by atoms with E-state index in [-0.39, 0.29) is 6.04 Å². The first-order valence-corrected chi connectivity index (χ1v) is 6.92. The van der Waals surface area contributed by atoms with E-state index in [1.54, 1.807) is 18.6 Å². The van der Waals surface area contributed by atoms with Crippen LogP contribution >= 0.6 is 0 Å². The molecule has 0 saturated carbocycles. The van der Waals surface area contributed by atoms with Crippen LogP contribution in [0.3, 0.4) is 0 Å². The van der Waals surface area contributed by atoms with Crippen LogP contribution in [0.4, 0.5) is 13.2 Å². The molecule has 0 aliphatic heterocycles. The second-order valence-corrected chi connectivity index (χ2v) is 4.97. The summed E-state index contributed by atoms with van der Waals surface area (Å²) in [6.45, 7) is 2.85. The Morgan fingerprint density at radius 1 is 1.24 bits per heavy atom. The molecule has 0 bridgehead atoms. The zero-order chi connectivity index (χ0) is 15.3. The molecule has 0 aliphatic carbocycles. The molecule has 0 fully saturated rings. The summed E-state index contributed by atoms with van der Waals surface area (Å²) >= 11 is 0. The molecule has 1 atom stereocenters. The predicted molar refractivity (Wildman–Crippen MR) is 74.9 cm³/mol. The van der Waals surface area contributed by atoms with Gasteiger partial charge in [0.1, 0.15) is 0 Å². The van der Waals surface area contributed by atoms with E-state index in [1.807, 2.05) is 13.0 Å². The third-order valence-electron chi connectivity index (χ3n) is 3.28. The third kappa shape index (κ3) is 4.36. The summed E-state index contributed by atoms with van der Waals surface area (Å²) in [6, 6.07) is 7.25. The fourth-order valence-corrected chi connectivity index (χ4v) is 2.21. The van der Waals surface area contributed by atoms with Crippen molar-refractivity contribution in [3.63, 3.8) is 0 Å². The Bertz CT molecular complexity index is 549. The van der Waals surface area contributed by atoms with Crippen LogP contribution in [-0.4, -0.2) is 6.54 Å². The Hall–Kier alpha value is -1.75. The summed E-state index contributed by atoms with van der Waals surface area (Å²) in [5.41, 5.74) is 0.988. The molecule has 21 heavy (non-hydrogen) atoms. The standard InChI is InChI=1S/C16H18F3NO/c1-2-7-20-15(13-6-8-21-11-13)10-12-4-3-5-14(9-12)16(17,18)19/h3-6,8-9,11,15,20H,2,7,10H2,1H3. The minimum Gasteiger partial charge on any atom is -0.472 e. The monoisotopic (exact) mass is 297 g/mol. The fourth-order valence-electron chi connectivity index (χ4n) is 2.21. The SMILES string of the molecule is CCCNC(Cc1cccc(C(F)(F)F)c1)c1ccoc1. The van der Waals surface area contributed by atoms with Gasteiger partial charge in [-0.1, -0.05) is 25.1 Å². The minimum absolute atomic E-state index is 0.0489. The van der Waals surface area contributed by atoms with Gasteiger partial charge in [-0.2, -0.15) is 13.2 Å². The van der Waals surface area contributed by atoms with Gasteiger partial charge in [0.25, 0.3) is 0 Å². The molecule has 0 radical (unpaired) electrons. The summed E-state index contributed by atoms with van der Waals surface area (Å²) in [7, 11) is 0. The van der Waals surface area contributed by atoms with Gasteiger partial charge in [-0.15, -0.1) is 0 Å². The van der Waals surface area contributed by atoms with Crippen molar-refractivity contribution in [2.45, 2.75) is 32.0 Å². The Balaban J connectivity index is 2.17. The normalized spacial score (nSPS) is 13.3. The van der Waals surface area contributed by atoms with Gasteiger partial charge < -0.3 is 9.73 Å². The van der Waals surface area contributed by atoms with E-state index in [9.17, 15) is 13.2 Å². The molecule has 1 aromatic heterocycles. The smallest absolute Gasteiger partial charge is 0.416 e.